The fourth-order valence-corrected chi connectivity index (χ4v) is 2.92. The number of nitrogens with one attached hydrogen (secondary N) is 2. The van der Waals surface area contributed by atoms with Gasteiger partial charge in [-0.25, -0.2) is 0 Å². The van der Waals surface area contributed by atoms with Crippen molar-refractivity contribution in [2.45, 2.75) is 90.1 Å². The van der Waals surface area contributed by atoms with Crippen LogP contribution >= 0.6 is 0 Å². The van der Waals surface area contributed by atoms with Crippen molar-refractivity contribution in [1.29, 1.82) is 0 Å². The van der Waals surface area contributed by atoms with Crippen LogP contribution in [0.5, 0.6) is 0 Å². The summed E-state index contributed by atoms with van der Waals surface area (Å²) in [6.45, 7) is 13.6. The molecule has 1 saturated carbocycles. The molecule has 0 bridgehead atoms. The molecule has 2 N–H and O–H groups in total. The molecule has 1 aliphatic carbocycles. The van der Waals surface area contributed by atoms with Crippen LogP contribution in [0, 0.1) is 0 Å². The maximum absolute atomic E-state index is 10.6. The van der Waals surface area contributed by atoms with Crippen LogP contribution < -0.4 is 10.6 Å². The van der Waals surface area contributed by atoms with Crippen molar-refractivity contribution in [1.82, 2.24) is 10.6 Å². The molecule has 1 aliphatic rings. The third kappa shape index (κ3) is 6.92. The second-order valence-electron chi connectivity index (χ2n) is 7.74. The van der Waals surface area contributed by atoms with E-state index in [2.05, 4.69) is 52.2 Å². The molecule has 4 heteroatoms. The van der Waals surface area contributed by atoms with Crippen LogP contribution in [-0.4, -0.2) is 35.7 Å². The second-order valence-corrected chi connectivity index (χ2v) is 7.74. The highest BCUT2D eigenvalue weighted by molar-refractivity contribution is 5.37. The van der Waals surface area contributed by atoms with Crippen molar-refractivity contribution in [3.05, 3.63) is 0 Å². The predicted octanol–water partition coefficient (Wildman–Crippen LogP) is 2.23. The molecule has 2 unspecified atom stereocenters. The SMILES string of the molecule is CC(C)(C)NC1CC(NC(C)(C)C)CC(OC=O)C1. The van der Waals surface area contributed by atoms with Gasteiger partial charge in [0.2, 0.25) is 0 Å². The van der Waals surface area contributed by atoms with E-state index in [1.54, 1.807) is 0 Å². The zero-order chi connectivity index (χ0) is 14.7. The summed E-state index contributed by atoms with van der Waals surface area (Å²) in [5.74, 6) is 0. The molecule has 0 aromatic rings. The Hall–Kier alpha value is -0.610. The number of carbonyl (C=O) groups is 1. The fraction of sp³-hybridized carbons (Fsp3) is 0.933. The Labute approximate surface area is 117 Å². The normalized spacial score (nSPS) is 29.1. The van der Waals surface area contributed by atoms with E-state index in [0.717, 1.165) is 19.3 Å². The van der Waals surface area contributed by atoms with Crippen LogP contribution in [0.2, 0.25) is 0 Å². The molecule has 1 rings (SSSR count). The molecule has 0 aromatic carbocycles. The summed E-state index contributed by atoms with van der Waals surface area (Å²) in [5.41, 5.74) is 0.167. The van der Waals surface area contributed by atoms with Crippen molar-refractivity contribution >= 4 is 6.47 Å². The number of rotatable bonds is 4. The third-order valence-electron chi connectivity index (χ3n) is 3.19. The predicted molar refractivity (Wildman–Crippen MR) is 78.1 cm³/mol. The van der Waals surface area contributed by atoms with Crippen LogP contribution in [0.15, 0.2) is 0 Å². The number of ether oxygens (including phenoxy) is 1. The number of carbonyl (C=O) groups excluding carboxylic acids is 1. The number of hydrogen-bond acceptors (Lipinski definition) is 4. The Morgan fingerprint density at radius 2 is 1.32 bits per heavy atom. The van der Waals surface area contributed by atoms with E-state index in [9.17, 15) is 4.79 Å². The van der Waals surface area contributed by atoms with E-state index in [0.29, 0.717) is 18.6 Å². The molecule has 1 fully saturated rings. The quantitative estimate of drug-likeness (QED) is 0.769. The zero-order valence-corrected chi connectivity index (χ0v) is 13.2. The Morgan fingerprint density at radius 3 is 1.63 bits per heavy atom. The zero-order valence-electron chi connectivity index (χ0n) is 13.2. The van der Waals surface area contributed by atoms with Crippen molar-refractivity contribution in [2.75, 3.05) is 0 Å². The smallest absolute Gasteiger partial charge is 0.293 e. The van der Waals surface area contributed by atoms with Gasteiger partial charge in [0.15, 0.2) is 0 Å². The average molecular weight is 270 g/mol. The molecule has 0 amide bonds. The summed E-state index contributed by atoms with van der Waals surface area (Å²) in [6, 6.07) is 0.775. The maximum atomic E-state index is 10.6. The molecule has 0 radical (unpaired) electrons. The molecule has 112 valence electrons. The second kappa shape index (κ2) is 6.23. The van der Waals surface area contributed by atoms with E-state index in [1.165, 1.54) is 0 Å². The summed E-state index contributed by atoms with van der Waals surface area (Å²) in [7, 11) is 0. The first kappa shape index (κ1) is 16.4. The minimum Gasteiger partial charge on any atom is -0.464 e. The van der Waals surface area contributed by atoms with Gasteiger partial charge in [0.25, 0.3) is 6.47 Å². The van der Waals surface area contributed by atoms with Gasteiger partial charge < -0.3 is 15.4 Å². The summed E-state index contributed by atoms with van der Waals surface area (Å²) >= 11 is 0. The first-order valence-corrected chi connectivity index (χ1v) is 7.23. The lowest BCUT2D eigenvalue weighted by molar-refractivity contribution is -0.135. The van der Waals surface area contributed by atoms with Crippen LogP contribution in [-0.2, 0) is 9.53 Å². The van der Waals surface area contributed by atoms with Gasteiger partial charge in [-0.3, -0.25) is 4.79 Å². The Balaban J connectivity index is 2.65. The van der Waals surface area contributed by atoms with Gasteiger partial charge in [0.05, 0.1) is 0 Å². The van der Waals surface area contributed by atoms with Crippen molar-refractivity contribution in [2.24, 2.45) is 0 Å². The van der Waals surface area contributed by atoms with Gasteiger partial charge >= 0.3 is 0 Å². The largest absolute Gasteiger partial charge is 0.464 e. The topological polar surface area (TPSA) is 50.4 Å². The molecule has 0 aliphatic heterocycles. The maximum Gasteiger partial charge on any atom is 0.293 e. The van der Waals surface area contributed by atoms with E-state index in [4.69, 9.17) is 4.74 Å². The molecular weight excluding hydrogens is 240 g/mol. The van der Waals surface area contributed by atoms with Crippen LogP contribution in [0.1, 0.15) is 60.8 Å². The highest BCUT2D eigenvalue weighted by Crippen LogP contribution is 2.24. The van der Waals surface area contributed by atoms with Gasteiger partial charge in [-0.05, 0) is 60.8 Å². The standard InChI is InChI=1S/C15H30N2O2/c1-14(2,3)16-11-7-12(17-15(4,5)6)9-13(8-11)19-10-18/h10-13,16-17H,7-9H2,1-6H3. The Bertz CT molecular complexity index is 268. The van der Waals surface area contributed by atoms with Crippen molar-refractivity contribution in [3.63, 3.8) is 0 Å². The monoisotopic (exact) mass is 270 g/mol. The third-order valence-corrected chi connectivity index (χ3v) is 3.19. The van der Waals surface area contributed by atoms with Gasteiger partial charge in [-0.15, -0.1) is 0 Å². The summed E-state index contributed by atoms with van der Waals surface area (Å²) < 4.78 is 5.21. The number of hydrogen-bond donors (Lipinski definition) is 2. The average Bonchev–Trinajstić information content (AvgIpc) is 2.11. The van der Waals surface area contributed by atoms with Crippen molar-refractivity contribution < 1.29 is 9.53 Å². The highest BCUT2D eigenvalue weighted by Gasteiger charge is 2.33. The molecule has 0 aromatic heterocycles. The molecular formula is C15H30N2O2. The van der Waals surface area contributed by atoms with Gasteiger partial charge in [0, 0.05) is 23.2 Å². The fourth-order valence-electron chi connectivity index (χ4n) is 2.92. The lowest BCUT2D eigenvalue weighted by atomic mass is 9.86. The highest BCUT2D eigenvalue weighted by atomic mass is 16.5. The van der Waals surface area contributed by atoms with Crippen LogP contribution in [0.3, 0.4) is 0 Å². The lowest BCUT2D eigenvalue weighted by Gasteiger charge is -2.40. The van der Waals surface area contributed by atoms with Gasteiger partial charge in [-0.1, -0.05) is 0 Å². The lowest BCUT2D eigenvalue weighted by Crippen LogP contribution is -2.55. The van der Waals surface area contributed by atoms with E-state index in [1.807, 2.05) is 0 Å². The summed E-state index contributed by atoms with van der Waals surface area (Å²) in [6.07, 6.45) is 2.90. The van der Waals surface area contributed by atoms with Gasteiger partial charge in [0.1, 0.15) is 6.10 Å². The minimum atomic E-state index is 0.0194. The first-order valence-electron chi connectivity index (χ1n) is 7.23. The summed E-state index contributed by atoms with van der Waals surface area (Å²) in [4.78, 5) is 10.6. The molecule has 4 nitrogen and oxygen atoms in total. The molecule has 2 atom stereocenters. The van der Waals surface area contributed by atoms with E-state index in [-0.39, 0.29) is 17.2 Å². The molecule has 0 spiro atoms. The minimum absolute atomic E-state index is 0.0194. The molecule has 0 saturated heterocycles. The Kier molecular flexibility index (Phi) is 5.39. The van der Waals surface area contributed by atoms with E-state index < -0.39 is 0 Å². The molecule has 0 heterocycles. The summed E-state index contributed by atoms with van der Waals surface area (Å²) in [5, 5.41) is 7.25. The van der Waals surface area contributed by atoms with Crippen LogP contribution in [0.4, 0.5) is 0 Å². The van der Waals surface area contributed by atoms with Crippen LogP contribution in [0.25, 0.3) is 0 Å². The molecule has 19 heavy (non-hydrogen) atoms. The van der Waals surface area contributed by atoms with Gasteiger partial charge in [-0.2, -0.15) is 0 Å². The van der Waals surface area contributed by atoms with E-state index >= 15 is 0 Å². The van der Waals surface area contributed by atoms with Crippen molar-refractivity contribution in [3.8, 4) is 0 Å². The Morgan fingerprint density at radius 1 is 0.895 bits per heavy atom. The first-order chi connectivity index (χ1) is 8.59.